The Morgan fingerprint density at radius 2 is 1.21 bits per heavy atom. The highest BCUT2D eigenvalue weighted by atomic mass is 79.9. The molecule has 10 heteroatoms. The Labute approximate surface area is 207 Å². The number of halogens is 2. The smallest absolute Gasteiger partial charge is 0.307 e. The van der Waals surface area contributed by atoms with Crippen molar-refractivity contribution in [3.8, 4) is 0 Å². The van der Waals surface area contributed by atoms with Gasteiger partial charge >= 0.3 is 12.1 Å². The first-order chi connectivity index (χ1) is 15.9. The maximum Gasteiger partial charge on any atom is 0.339 e. The van der Waals surface area contributed by atoms with Crippen molar-refractivity contribution in [3.05, 3.63) is 92.9 Å². The first-order valence-corrected chi connectivity index (χ1v) is 11.3. The van der Waals surface area contributed by atoms with Gasteiger partial charge in [0.25, 0.3) is 0 Å². The number of anilines is 2. The van der Waals surface area contributed by atoms with E-state index in [2.05, 4.69) is 63.5 Å². The van der Waals surface area contributed by atoms with Crippen LogP contribution in [0.5, 0.6) is 0 Å². The summed E-state index contributed by atoms with van der Waals surface area (Å²) in [5, 5.41) is 13.4. The number of hydrogen-bond acceptors (Lipinski definition) is 4. The number of hydrogen-bond donors (Lipinski definition) is 4. The largest absolute Gasteiger partial charge is 0.339 e. The molecule has 4 N–H and O–H groups in total. The van der Waals surface area contributed by atoms with Crippen molar-refractivity contribution >= 4 is 67.2 Å². The fraction of sp³-hybridized carbons (Fsp3) is 0.0435. The van der Waals surface area contributed by atoms with Gasteiger partial charge in [0.15, 0.2) is 0 Å². The molecule has 8 nitrogen and oxygen atoms in total. The average molecular weight is 572 g/mol. The summed E-state index contributed by atoms with van der Waals surface area (Å²) in [6.07, 6.45) is 1.35. The molecule has 0 fully saturated rings. The number of nitrogens with zero attached hydrogens (tertiary/aromatic N) is 2. The van der Waals surface area contributed by atoms with Crippen molar-refractivity contribution in [2.24, 2.45) is 10.2 Å². The van der Waals surface area contributed by atoms with Gasteiger partial charge in [0.2, 0.25) is 0 Å². The molecular formula is C23H20Br2N6O2. The van der Waals surface area contributed by atoms with E-state index in [1.54, 1.807) is 24.3 Å². The predicted octanol–water partition coefficient (Wildman–Crippen LogP) is 5.85. The number of nitrogens with one attached hydrogen (secondary N) is 4. The van der Waals surface area contributed by atoms with Gasteiger partial charge in [0, 0.05) is 25.9 Å². The lowest BCUT2D eigenvalue weighted by atomic mass is 10.1. The van der Waals surface area contributed by atoms with Gasteiger partial charge in [-0.3, -0.25) is 0 Å². The van der Waals surface area contributed by atoms with E-state index >= 15 is 0 Å². The van der Waals surface area contributed by atoms with Gasteiger partial charge in [0.05, 0.1) is 6.21 Å². The second-order valence-electron chi connectivity index (χ2n) is 6.77. The molecule has 0 aliphatic heterocycles. The molecule has 0 radical (unpaired) electrons. The number of carbonyl (C=O) groups is 2. The maximum absolute atomic E-state index is 12.2. The van der Waals surface area contributed by atoms with E-state index in [4.69, 9.17) is 0 Å². The highest BCUT2D eigenvalue weighted by Crippen LogP contribution is 2.14. The average Bonchev–Trinajstić information content (AvgIpc) is 2.80. The van der Waals surface area contributed by atoms with Crippen LogP contribution in [0, 0.1) is 6.92 Å². The first kappa shape index (κ1) is 24.1. The summed E-state index contributed by atoms with van der Waals surface area (Å²) >= 11 is 6.69. The molecule has 4 amide bonds. The van der Waals surface area contributed by atoms with Gasteiger partial charge in [-0.1, -0.05) is 61.7 Å². The molecule has 33 heavy (non-hydrogen) atoms. The number of rotatable bonds is 6. The van der Waals surface area contributed by atoms with E-state index in [-0.39, 0.29) is 0 Å². The Kier molecular flexibility index (Phi) is 8.73. The van der Waals surface area contributed by atoms with Crippen LogP contribution < -0.4 is 21.5 Å². The zero-order valence-electron chi connectivity index (χ0n) is 17.5. The van der Waals surface area contributed by atoms with Gasteiger partial charge in [-0.2, -0.15) is 10.2 Å². The fourth-order valence-electron chi connectivity index (χ4n) is 2.54. The number of carbonyl (C=O) groups excluding carboxylic acids is 2. The third kappa shape index (κ3) is 8.17. The van der Waals surface area contributed by atoms with Crippen molar-refractivity contribution in [3.63, 3.8) is 0 Å². The molecule has 0 unspecified atom stereocenters. The minimum absolute atomic E-state index is 0.352. The Bertz CT molecular complexity index is 1160. The van der Waals surface area contributed by atoms with Crippen molar-refractivity contribution in [1.29, 1.82) is 0 Å². The van der Waals surface area contributed by atoms with Gasteiger partial charge in [-0.05, 0) is 55.5 Å². The molecule has 0 saturated carbocycles. The third-order valence-corrected chi connectivity index (χ3v) is 5.24. The lowest BCUT2D eigenvalue weighted by Gasteiger charge is -2.07. The number of amides is 4. The van der Waals surface area contributed by atoms with Gasteiger partial charge in [-0.15, -0.1) is 0 Å². The van der Waals surface area contributed by atoms with Crippen LogP contribution in [0.15, 0.2) is 91.9 Å². The molecule has 0 aliphatic carbocycles. The second kappa shape index (κ2) is 11.9. The topological polar surface area (TPSA) is 107 Å². The van der Waals surface area contributed by atoms with Crippen molar-refractivity contribution in [2.45, 2.75) is 6.92 Å². The summed E-state index contributed by atoms with van der Waals surface area (Å²) in [4.78, 5) is 24.3. The highest BCUT2D eigenvalue weighted by Gasteiger charge is 2.05. The quantitative estimate of drug-likeness (QED) is 0.220. The second-order valence-corrected chi connectivity index (χ2v) is 8.60. The summed E-state index contributed by atoms with van der Waals surface area (Å²) in [5.74, 6) is 0. The molecule has 3 aromatic rings. The van der Waals surface area contributed by atoms with Gasteiger partial charge in [0.1, 0.15) is 5.71 Å². The number of benzene rings is 3. The lowest BCUT2D eigenvalue weighted by Crippen LogP contribution is -2.27. The standard InChI is InChI=1S/C23H20Br2N6O2/c1-15-2-4-16(5-3-15)21(29-31-23(33)28-20-12-8-18(25)9-13-20)14-26-30-22(32)27-19-10-6-17(24)7-11-19/h2-14H,1H3,(H2,27,30,32)(H2,28,31,33)/b26-14+,29-21-. The summed E-state index contributed by atoms with van der Waals surface area (Å²) in [7, 11) is 0. The summed E-state index contributed by atoms with van der Waals surface area (Å²) in [6.45, 7) is 1.96. The number of aryl methyl sites for hydroxylation is 1. The summed E-state index contributed by atoms with van der Waals surface area (Å²) in [6, 6.07) is 20.7. The van der Waals surface area contributed by atoms with Crippen molar-refractivity contribution in [2.75, 3.05) is 10.6 Å². The van der Waals surface area contributed by atoms with Crippen LogP contribution in [-0.4, -0.2) is 24.0 Å². The van der Waals surface area contributed by atoms with E-state index in [1.165, 1.54) is 6.21 Å². The number of hydrazone groups is 2. The molecule has 3 aromatic carbocycles. The van der Waals surface area contributed by atoms with E-state index in [0.29, 0.717) is 22.6 Å². The zero-order valence-corrected chi connectivity index (χ0v) is 20.6. The number of urea groups is 2. The molecule has 0 atom stereocenters. The Balaban J connectivity index is 1.66. The van der Waals surface area contributed by atoms with Crippen LogP contribution >= 0.6 is 31.9 Å². The van der Waals surface area contributed by atoms with Crippen LogP contribution in [-0.2, 0) is 0 Å². The normalized spacial score (nSPS) is 11.2. The molecule has 168 valence electrons. The van der Waals surface area contributed by atoms with Gasteiger partial charge in [-0.25, -0.2) is 20.4 Å². The van der Waals surface area contributed by atoms with E-state index < -0.39 is 12.1 Å². The summed E-state index contributed by atoms with van der Waals surface area (Å²) < 4.78 is 1.81. The molecular weight excluding hydrogens is 552 g/mol. The van der Waals surface area contributed by atoms with Crippen LogP contribution in [0.2, 0.25) is 0 Å². The minimum Gasteiger partial charge on any atom is -0.307 e. The zero-order chi connectivity index (χ0) is 23.6. The molecule has 0 bridgehead atoms. The monoisotopic (exact) mass is 570 g/mol. The van der Waals surface area contributed by atoms with Crippen LogP contribution in [0.3, 0.4) is 0 Å². The highest BCUT2D eigenvalue weighted by molar-refractivity contribution is 9.10. The van der Waals surface area contributed by atoms with Crippen LogP contribution in [0.25, 0.3) is 0 Å². The van der Waals surface area contributed by atoms with E-state index in [1.807, 2.05) is 55.5 Å². The molecule has 0 aromatic heterocycles. The Hall–Kier alpha value is -3.50. The fourth-order valence-corrected chi connectivity index (χ4v) is 3.07. The van der Waals surface area contributed by atoms with Crippen LogP contribution in [0.4, 0.5) is 21.0 Å². The molecule has 3 rings (SSSR count). The SMILES string of the molecule is Cc1ccc(C(/C=N/NC(=O)Nc2ccc(Br)cc2)=N\NC(=O)Nc2ccc(Br)cc2)cc1. The Morgan fingerprint density at radius 3 is 1.73 bits per heavy atom. The van der Waals surface area contributed by atoms with Crippen molar-refractivity contribution < 1.29 is 9.59 Å². The third-order valence-electron chi connectivity index (χ3n) is 4.18. The molecule has 0 spiro atoms. The minimum atomic E-state index is -0.517. The molecule has 0 saturated heterocycles. The lowest BCUT2D eigenvalue weighted by molar-refractivity contribution is 0.251. The van der Waals surface area contributed by atoms with E-state index in [0.717, 1.165) is 14.5 Å². The van der Waals surface area contributed by atoms with Gasteiger partial charge < -0.3 is 10.6 Å². The van der Waals surface area contributed by atoms with E-state index in [9.17, 15) is 9.59 Å². The molecule has 0 aliphatic rings. The first-order valence-electron chi connectivity index (χ1n) is 9.72. The van der Waals surface area contributed by atoms with Crippen molar-refractivity contribution in [1.82, 2.24) is 10.9 Å². The maximum atomic E-state index is 12.2. The Morgan fingerprint density at radius 1 is 0.727 bits per heavy atom. The predicted molar refractivity (Wildman–Crippen MR) is 139 cm³/mol. The van der Waals surface area contributed by atoms with Crippen LogP contribution in [0.1, 0.15) is 11.1 Å². The molecule has 0 heterocycles. The summed E-state index contributed by atoms with van der Waals surface area (Å²) in [5.41, 5.74) is 8.19.